The van der Waals surface area contributed by atoms with Gasteiger partial charge >= 0.3 is 12.1 Å². The van der Waals surface area contributed by atoms with Crippen LogP contribution in [0, 0.1) is 5.92 Å². The predicted octanol–water partition coefficient (Wildman–Crippen LogP) is 7.91. The molecular weight excluding hydrogens is 311 g/mol. The summed E-state index contributed by atoms with van der Waals surface area (Å²) < 4.78 is 61.4. The van der Waals surface area contributed by atoms with Gasteiger partial charge in [-0.1, -0.05) is 84.5 Å². The molecule has 0 heterocycles. The Kier molecular flexibility index (Phi) is 11.9. The average molecular weight is 344 g/mol. The molecule has 0 saturated heterocycles. The molecule has 0 saturated carbocycles. The van der Waals surface area contributed by atoms with E-state index in [-0.39, 0.29) is 6.42 Å². The highest BCUT2D eigenvalue weighted by molar-refractivity contribution is 4.75. The van der Waals surface area contributed by atoms with E-state index in [2.05, 4.69) is 13.8 Å². The second kappa shape index (κ2) is 12.1. The SMILES string of the molecule is CCCCCCCCCC(C)CCCCCC(F)(F)C(F)(F)F. The molecule has 0 radical (unpaired) electrons. The molecular formula is C18H33F5. The highest BCUT2D eigenvalue weighted by Crippen LogP contribution is 2.39. The normalized spacial score (nSPS) is 14.2. The maximum atomic E-state index is 12.7. The Bertz CT molecular complexity index is 273. The summed E-state index contributed by atoms with van der Waals surface area (Å²) in [4.78, 5) is 0. The van der Waals surface area contributed by atoms with Crippen LogP contribution >= 0.6 is 0 Å². The molecule has 0 amide bonds. The second-order valence-electron chi connectivity index (χ2n) is 6.82. The van der Waals surface area contributed by atoms with E-state index in [1.54, 1.807) is 0 Å². The number of hydrogen-bond acceptors (Lipinski definition) is 0. The van der Waals surface area contributed by atoms with Crippen LogP contribution < -0.4 is 0 Å². The Hall–Kier alpha value is -0.350. The summed E-state index contributed by atoms with van der Waals surface area (Å²) in [7, 11) is 0. The fourth-order valence-electron chi connectivity index (χ4n) is 2.75. The lowest BCUT2D eigenvalue weighted by Gasteiger charge is -2.19. The number of unbranched alkanes of at least 4 members (excludes halogenated alkanes) is 8. The van der Waals surface area contributed by atoms with E-state index < -0.39 is 18.5 Å². The zero-order chi connectivity index (χ0) is 17.8. The van der Waals surface area contributed by atoms with Crippen LogP contribution in [-0.2, 0) is 0 Å². The Labute approximate surface area is 138 Å². The van der Waals surface area contributed by atoms with Crippen molar-refractivity contribution < 1.29 is 22.0 Å². The third-order valence-electron chi connectivity index (χ3n) is 4.40. The van der Waals surface area contributed by atoms with Crippen molar-refractivity contribution in [2.45, 2.75) is 109 Å². The molecule has 0 aliphatic rings. The molecule has 0 aromatic heterocycles. The smallest absolute Gasteiger partial charge is 0.196 e. The first-order valence-electron chi connectivity index (χ1n) is 9.15. The van der Waals surface area contributed by atoms with Gasteiger partial charge in [-0.25, -0.2) is 0 Å². The number of halogens is 5. The quantitative estimate of drug-likeness (QED) is 0.222. The van der Waals surface area contributed by atoms with E-state index in [0.717, 1.165) is 19.3 Å². The van der Waals surface area contributed by atoms with E-state index in [9.17, 15) is 22.0 Å². The molecule has 1 unspecified atom stereocenters. The first-order chi connectivity index (χ1) is 10.7. The van der Waals surface area contributed by atoms with Crippen molar-refractivity contribution in [1.82, 2.24) is 0 Å². The van der Waals surface area contributed by atoms with Gasteiger partial charge in [0.25, 0.3) is 0 Å². The van der Waals surface area contributed by atoms with Crippen LogP contribution in [0.15, 0.2) is 0 Å². The Morgan fingerprint density at radius 3 is 1.57 bits per heavy atom. The Balaban J connectivity index is 3.48. The van der Waals surface area contributed by atoms with Gasteiger partial charge in [-0.2, -0.15) is 22.0 Å². The van der Waals surface area contributed by atoms with E-state index in [1.165, 1.54) is 44.9 Å². The van der Waals surface area contributed by atoms with Crippen LogP contribution in [0.1, 0.15) is 97.3 Å². The molecule has 0 nitrogen and oxygen atoms in total. The van der Waals surface area contributed by atoms with Gasteiger partial charge in [-0.3, -0.25) is 0 Å². The van der Waals surface area contributed by atoms with E-state index in [4.69, 9.17) is 0 Å². The first kappa shape index (κ1) is 22.6. The van der Waals surface area contributed by atoms with Crippen LogP contribution in [0.25, 0.3) is 0 Å². The summed E-state index contributed by atoms with van der Waals surface area (Å²) in [5, 5.41) is 0. The number of alkyl halides is 5. The van der Waals surface area contributed by atoms with Gasteiger partial charge in [0.05, 0.1) is 0 Å². The minimum atomic E-state index is -5.41. The highest BCUT2D eigenvalue weighted by atomic mass is 19.4. The average Bonchev–Trinajstić information content (AvgIpc) is 2.44. The molecule has 0 rings (SSSR count). The largest absolute Gasteiger partial charge is 0.453 e. The Morgan fingerprint density at radius 2 is 1.09 bits per heavy atom. The van der Waals surface area contributed by atoms with Crippen molar-refractivity contribution in [2.75, 3.05) is 0 Å². The maximum absolute atomic E-state index is 12.7. The summed E-state index contributed by atoms with van der Waals surface area (Å²) in [5.74, 6) is -4.00. The lowest BCUT2D eigenvalue weighted by molar-refractivity contribution is -0.284. The van der Waals surface area contributed by atoms with Crippen molar-refractivity contribution >= 4 is 0 Å². The minimum Gasteiger partial charge on any atom is -0.196 e. The molecule has 0 aromatic rings. The van der Waals surface area contributed by atoms with Crippen molar-refractivity contribution in [3.63, 3.8) is 0 Å². The zero-order valence-electron chi connectivity index (χ0n) is 14.7. The minimum absolute atomic E-state index is 0.0589. The number of rotatable bonds is 14. The van der Waals surface area contributed by atoms with Gasteiger partial charge in [0.15, 0.2) is 0 Å². The predicted molar refractivity (Wildman–Crippen MR) is 85.9 cm³/mol. The topological polar surface area (TPSA) is 0 Å². The molecule has 0 aliphatic carbocycles. The van der Waals surface area contributed by atoms with Gasteiger partial charge in [0.2, 0.25) is 0 Å². The van der Waals surface area contributed by atoms with Gasteiger partial charge in [-0.15, -0.1) is 0 Å². The third kappa shape index (κ3) is 11.8. The summed E-state index contributed by atoms with van der Waals surface area (Å²) in [6.45, 7) is 4.34. The molecule has 5 heteroatoms. The molecule has 0 aliphatic heterocycles. The van der Waals surface area contributed by atoms with Crippen LogP contribution in [0.2, 0.25) is 0 Å². The summed E-state index contributed by atoms with van der Waals surface area (Å²) in [5.41, 5.74) is 0. The van der Waals surface area contributed by atoms with Crippen molar-refractivity contribution in [2.24, 2.45) is 5.92 Å². The first-order valence-corrected chi connectivity index (χ1v) is 9.15. The van der Waals surface area contributed by atoms with Crippen LogP contribution in [0.3, 0.4) is 0 Å². The summed E-state index contributed by atoms with van der Waals surface area (Å²) in [6, 6.07) is 0. The lowest BCUT2D eigenvalue weighted by Crippen LogP contribution is -2.36. The van der Waals surface area contributed by atoms with Gasteiger partial charge in [0.1, 0.15) is 0 Å². The fourth-order valence-corrected chi connectivity index (χ4v) is 2.75. The monoisotopic (exact) mass is 344 g/mol. The van der Waals surface area contributed by atoms with Crippen LogP contribution in [0.4, 0.5) is 22.0 Å². The van der Waals surface area contributed by atoms with E-state index in [0.29, 0.717) is 12.3 Å². The van der Waals surface area contributed by atoms with Crippen molar-refractivity contribution in [3.8, 4) is 0 Å². The summed E-state index contributed by atoms with van der Waals surface area (Å²) in [6.07, 6.45) is 5.60. The van der Waals surface area contributed by atoms with Crippen molar-refractivity contribution in [1.29, 1.82) is 0 Å². The molecule has 0 aromatic carbocycles. The molecule has 0 spiro atoms. The van der Waals surface area contributed by atoms with Gasteiger partial charge in [-0.05, 0) is 12.3 Å². The van der Waals surface area contributed by atoms with Crippen molar-refractivity contribution in [3.05, 3.63) is 0 Å². The molecule has 140 valence electrons. The van der Waals surface area contributed by atoms with Crippen LogP contribution in [-0.4, -0.2) is 12.1 Å². The molecule has 0 bridgehead atoms. The molecule has 0 fully saturated rings. The molecule has 0 N–H and O–H groups in total. The number of hydrogen-bond donors (Lipinski definition) is 0. The highest BCUT2D eigenvalue weighted by Gasteiger charge is 2.56. The second-order valence-corrected chi connectivity index (χ2v) is 6.82. The summed E-state index contributed by atoms with van der Waals surface area (Å²) >= 11 is 0. The van der Waals surface area contributed by atoms with Crippen LogP contribution in [0.5, 0.6) is 0 Å². The van der Waals surface area contributed by atoms with E-state index >= 15 is 0 Å². The van der Waals surface area contributed by atoms with E-state index in [1.807, 2.05) is 0 Å². The standard InChI is InChI=1S/C18H33F5/c1-3-4-5-6-7-8-10-13-16(2)14-11-9-12-15-17(19,20)18(21,22)23/h16H,3-15H2,1-2H3. The van der Waals surface area contributed by atoms with Gasteiger partial charge < -0.3 is 0 Å². The lowest BCUT2D eigenvalue weighted by atomic mass is 9.95. The zero-order valence-corrected chi connectivity index (χ0v) is 14.7. The molecule has 23 heavy (non-hydrogen) atoms. The van der Waals surface area contributed by atoms with Gasteiger partial charge in [0, 0.05) is 6.42 Å². The third-order valence-corrected chi connectivity index (χ3v) is 4.40. The fraction of sp³-hybridized carbons (Fsp3) is 1.00. The Morgan fingerprint density at radius 1 is 0.652 bits per heavy atom. The maximum Gasteiger partial charge on any atom is 0.453 e. The molecule has 1 atom stereocenters.